The molecule has 0 fully saturated rings. The number of methoxy groups -OCH3 is 1. The van der Waals surface area contributed by atoms with E-state index >= 15 is 0 Å². The number of esters is 1. The Kier molecular flexibility index (Phi) is 12.5. The molecule has 3 aromatic carbocycles. The van der Waals surface area contributed by atoms with Crippen LogP contribution in [0.25, 0.3) is 0 Å². The molecule has 5 atom stereocenters. The molecule has 0 aromatic heterocycles. The maximum Gasteiger partial charge on any atom is 0.408 e. The lowest BCUT2D eigenvalue weighted by Gasteiger charge is -2.37. The second-order valence-corrected chi connectivity index (χ2v) is 12.3. The van der Waals surface area contributed by atoms with Crippen molar-refractivity contribution in [1.82, 2.24) is 15.5 Å². The molecule has 0 spiro atoms. The van der Waals surface area contributed by atoms with Gasteiger partial charge >= 0.3 is 12.1 Å². The number of rotatable bonds is 9. The Balaban J connectivity index is 1.38. The van der Waals surface area contributed by atoms with Gasteiger partial charge in [0.25, 0.3) is 0 Å². The van der Waals surface area contributed by atoms with Crippen LogP contribution in [0.5, 0.6) is 0 Å². The number of ether oxygens (including phenoxy) is 3. The van der Waals surface area contributed by atoms with Crippen LogP contribution in [0.1, 0.15) is 47.6 Å². The second-order valence-electron chi connectivity index (χ2n) is 12.3. The van der Waals surface area contributed by atoms with Crippen molar-refractivity contribution in [2.45, 2.75) is 63.1 Å². The topological polar surface area (TPSA) is 144 Å². The van der Waals surface area contributed by atoms with Gasteiger partial charge in [-0.15, -0.1) is 0 Å². The molecule has 11 heteroatoms. The normalized spacial score (nSPS) is 22.8. The smallest absolute Gasteiger partial charge is 0.408 e. The van der Waals surface area contributed by atoms with E-state index in [-0.39, 0.29) is 45.0 Å². The van der Waals surface area contributed by atoms with Crippen LogP contribution in [0, 0.1) is 5.92 Å². The van der Waals surface area contributed by atoms with Crippen molar-refractivity contribution in [2.75, 3.05) is 20.3 Å². The van der Waals surface area contributed by atoms with Crippen molar-refractivity contribution in [3.63, 3.8) is 0 Å². The number of amides is 3. The number of carbonyl (C=O) groups excluding carboxylic acids is 4. The van der Waals surface area contributed by atoms with Crippen molar-refractivity contribution in [3.05, 3.63) is 119 Å². The van der Waals surface area contributed by atoms with Gasteiger partial charge in [0.05, 0.1) is 31.2 Å². The minimum Gasteiger partial charge on any atom is -0.454 e. The number of benzene rings is 3. The molecule has 2 aliphatic rings. The highest BCUT2D eigenvalue weighted by Crippen LogP contribution is 2.27. The number of nitrogens with one attached hydrogen (secondary N) is 2. The van der Waals surface area contributed by atoms with E-state index in [4.69, 9.17) is 14.2 Å². The van der Waals surface area contributed by atoms with Crippen LogP contribution in [0.4, 0.5) is 4.79 Å². The zero-order valence-corrected chi connectivity index (χ0v) is 27.5. The third kappa shape index (κ3) is 9.55. The van der Waals surface area contributed by atoms with Crippen molar-refractivity contribution in [2.24, 2.45) is 5.92 Å². The number of fused-ring (bicyclic) bond motifs is 1. The number of alkyl carbamates (subject to hydrolysis) is 1. The highest BCUT2D eigenvalue weighted by Gasteiger charge is 2.36. The predicted octanol–water partition coefficient (Wildman–Crippen LogP) is 4.00. The third-order valence-corrected chi connectivity index (χ3v) is 8.84. The van der Waals surface area contributed by atoms with E-state index in [0.29, 0.717) is 18.5 Å². The number of carbonyl (C=O) groups is 4. The fourth-order valence-corrected chi connectivity index (χ4v) is 6.18. The summed E-state index contributed by atoms with van der Waals surface area (Å²) in [5.41, 5.74) is 3.51. The van der Waals surface area contributed by atoms with Gasteiger partial charge in [-0.2, -0.15) is 0 Å². The summed E-state index contributed by atoms with van der Waals surface area (Å²) in [4.78, 5) is 55.8. The molecular formula is C38H43N3O8. The average molecular weight is 670 g/mol. The predicted molar refractivity (Wildman–Crippen MR) is 181 cm³/mol. The first kappa shape index (κ1) is 35.3. The van der Waals surface area contributed by atoms with Crippen LogP contribution in [0.2, 0.25) is 0 Å². The molecule has 11 nitrogen and oxygen atoms in total. The molecule has 0 saturated carbocycles. The lowest BCUT2D eigenvalue weighted by Crippen LogP contribution is -2.50. The summed E-state index contributed by atoms with van der Waals surface area (Å²) in [7, 11) is 1.48. The number of aliphatic hydroxyl groups is 1. The molecule has 49 heavy (non-hydrogen) atoms. The van der Waals surface area contributed by atoms with Gasteiger partial charge < -0.3 is 34.9 Å². The zero-order chi connectivity index (χ0) is 34.6. The van der Waals surface area contributed by atoms with Gasteiger partial charge in [0.2, 0.25) is 11.8 Å². The van der Waals surface area contributed by atoms with Gasteiger partial charge in [-0.1, -0.05) is 97.1 Å². The Morgan fingerprint density at radius 1 is 0.939 bits per heavy atom. The lowest BCUT2D eigenvalue weighted by molar-refractivity contribution is -0.155. The standard InChI is InChI=1S/C38H43N3O8/c1-47-25-33-35(27-14-6-3-7-15-27)49-37(45)32(40-38(46)48-24-26-12-4-2-5-13-26)19-11-10-17-29(36(44)39-33)21-34(43)41-22-30-18-9-8-16-28(30)20-31(41)23-42/h2-16,18,29,31-33,35,42H,17,19-25H2,1H3,(H,39,44)(H,40,46). The Morgan fingerprint density at radius 3 is 2.33 bits per heavy atom. The van der Waals surface area contributed by atoms with E-state index in [1.54, 1.807) is 41.3 Å². The Labute approximate surface area is 286 Å². The van der Waals surface area contributed by atoms with E-state index in [2.05, 4.69) is 10.6 Å². The number of hydrogen-bond acceptors (Lipinski definition) is 8. The largest absolute Gasteiger partial charge is 0.454 e. The van der Waals surface area contributed by atoms with E-state index in [9.17, 15) is 24.3 Å². The molecule has 3 amide bonds. The van der Waals surface area contributed by atoms with Gasteiger partial charge in [-0.25, -0.2) is 9.59 Å². The minimum atomic E-state index is -1.09. The summed E-state index contributed by atoms with van der Waals surface area (Å²) in [6.45, 7) is 0.172. The molecule has 3 aromatic rings. The number of allylic oxidation sites excluding steroid dienone is 1. The minimum absolute atomic E-state index is 0.00178. The number of nitrogens with zero attached hydrogens (tertiary/aromatic N) is 1. The molecule has 258 valence electrons. The maximum absolute atomic E-state index is 13.9. The van der Waals surface area contributed by atoms with Crippen molar-refractivity contribution in [3.8, 4) is 0 Å². The van der Waals surface area contributed by atoms with Crippen LogP contribution < -0.4 is 10.6 Å². The molecule has 0 bridgehead atoms. The van der Waals surface area contributed by atoms with E-state index in [1.807, 2.05) is 60.7 Å². The molecule has 2 heterocycles. The molecule has 2 aliphatic heterocycles. The molecule has 5 rings (SSSR count). The summed E-state index contributed by atoms with van der Waals surface area (Å²) in [6.07, 6.45) is 2.34. The first-order valence-corrected chi connectivity index (χ1v) is 16.5. The van der Waals surface area contributed by atoms with Crippen LogP contribution in [-0.2, 0) is 48.2 Å². The lowest BCUT2D eigenvalue weighted by atomic mass is 9.92. The van der Waals surface area contributed by atoms with Gasteiger partial charge in [0.1, 0.15) is 18.8 Å². The molecular weight excluding hydrogens is 626 g/mol. The van der Waals surface area contributed by atoms with Crippen molar-refractivity contribution in [1.29, 1.82) is 0 Å². The quantitative estimate of drug-likeness (QED) is 0.229. The fraction of sp³-hybridized carbons (Fsp3) is 0.368. The number of aliphatic hydroxyl groups excluding tert-OH is 1. The maximum atomic E-state index is 13.9. The Morgan fingerprint density at radius 2 is 1.61 bits per heavy atom. The summed E-state index contributed by atoms with van der Waals surface area (Å²) in [6, 6.07) is 23.7. The number of hydrogen-bond donors (Lipinski definition) is 3. The molecule has 0 radical (unpaired) electrons. The van der Waals surface area contributed by atoms with Gasteiger partial charge in [-0.05, 0) is 41.5 Å². The van der Waals surface area contributed by atoms with Crippen LogP contribution >= 0.6 is 0 Å². The third-order valence-electron chi connectivity index (χ3n) is 8.84. The summed E-state index contributed by atoms with van der Waals surface area (Å²) >= 11 is 0. The highest BCUT2D eigenvalue weighted by molar-refractivity contribution is 5.87. The summed E-state index contributed by atoms with van der Waals surface area (Å²) in [5.74, 6) is -2.12. The van der Waals surface area contributed by atoms with Crippen molar-refractivity contribution < 1.29 is 38.5 Å². The van der Waals surface area contributed by atoms with Crippen LogP contribution in [0.3, 0.4) is 0 Å². The van der Waals surface area contributed by atoms with E-state index < -0.39 is 48.1 Å². The fourth-order valence-electron chi connectivity index (χ4n) is 6.18. The first-order chi connectivity index (χ1) is 23.9. The SMILES string of the molecule is COCC1NC(=O)C(CC(=O)N2Cc3ccccc3CC2CO)CC=CCC(NC(=O)OCc2ccccc2)C(=O)OC1c1ccccc1. The van der Waals surface area contributed by atoms with Crippen LogP contribution in [-0.4, -0.2) is 72.3 Å². The molecule has 0 aliphatic carbocycles. The van der Waals surface area contributed by atoms with Crippen molar-refractivity contribution >= 4 is 23.9 Å². The molecule has 3 N–H and O–H groups in total. The van der Waals surface area contributed by atoms with Gasteiger partial charge in [-0.3, -0.25) is 9.59 Å². The zero-order valence-electron chi connectivity index (χ0n) is 27.5. The monoisotopic (exact) mass is 669 g/mol. The van der Waals surface area contributed by atoms with E-state index in [1.165, 1.54) is 7.11 Å². The Bertz CT molecular complexity index is 1600. The summed E-state index contributed by atoms with van der Waals surface area (Å²) in [5, 5.41) is 15.8. The highest BCUT2D eigenvalue weighted by atomic mass is 16.6. The first-order valence-electron chi connectivity index (χ1n) is 16.5. The molecule has 0 saturated heterocycles. The van der Waals surface area contributed by atoms with Gasteiger partial charge in [0, 0.05) is 20.1 Å². The Hall–Kier alpha value is -5.00. The second kappa shape index (κ2) is 17.4. The van der Waals surface area contributed by atoms with Crippen LogP contribution in [0.15, 0.2) is 97.1 Å². The molecule has 5 unspecified atom stereocenters. The average Bonchev–Trinajstić information content (AvgIpc) is 3.13. The van der Waals surface area contributed by atoms with Gasteiger partial charge in [0.15, 0.2) is 0 Å². The number of cyclic esters (lactones) is 1. The van der Waals surface area contributed by atoms with E-state index in [0.717, 1.165) is 16.7 Å². The summed E-state index contributed by atoms with van der Waals surface area (Å²) < 4.78 is 16.9.